The van der Waals surface area contributed by atoms with Crippen molar-refractivity contribution in [3.8, 4) is 0 Å². The minimum Gasteiger partial charge on any atom is -0.310 e. The van der Waals surface area contributed by atoms with E-state index >= 15 is 0 Å². The van der Waals surface area contributed by atoms with E-state index in [1.165, 1.54) is 24.0 Å². The zero-order valence-electron chi connectivity index (χ0n) is 11.4. The van der Waals surface area contributed by atoms with Gasteiger partial charge in [-0.15, -0.1) is 0 Å². The lowest BCUT2D eigenvalue weighted by atomic mass is 9.95. The zero-order valence-corrected chi connectivity index (χ0v) is 12.1. The van der Waals surface area contributed by atoms with Gasteiger partial charge in [0.1, 0.15) is 0 Å². The summed E-state index contributed by atoms with van der Waals surface area (Å²) in [5.74, 6) is 0.766. The molecule has 1 unspecified atom stereocenters. The smallest absolute Gasteiger partial charge is 0.0408 e. The summed E-state index contributed by atoms with van der Waals surface area (Å²) >= 11 is 5.95. The van der Waals surface area contributed by atoms with Crippen LogP contribution in [0.3, 0.4) is 0 Å². The Kier molecular flexibility index (Phi) is 6.01. The van der Waals surface area contributed by atoms with Gasteiger partial charge in [-0.2, -0.15) is 0 Å². The van der Waals surface area contributed by atoms with E-state index in [0.717, 1.165) is 17.5 Å². The molecule has 17 heavy (non-hydrogen) atoms. The molecule has 96 valence electrons. The van der Waals surface area contributed by atoms with Crippen LogP contribution in [0.25, 0.3) is 0 Å². The summed E-state index contributed by atoms with van der Waals surface area (Å²) in [7, 11) is 0. The van der Waals surface area contributed by atoms with E-state index in [-0.39, 0.29) is 0 Å². The fraction of sp³-hybridized carbons (Fsp3) is 0.600. The first-order chi connectivity index (χ1) is 8.08. The van der Waals surface area contributed by atoms with Crippen molar-refractivity contribution in [2.75, 3.05) is 0 Å². The predicted molar refractivity (Wildman–Crippen MR) is 76.6 cm³/mol. The summed E-state index contributed by atoms with van der Waals surface area (Å²) in [6.07, 6.45) is 2.48. The highest BCUT2D eigenvalue weighted by atomic mass is 35.5. The van der Waals surface area contributed by atoms with Gasteiger partial charge in [-0.1, -0.05) is 44.4 Å². The first kappa shape index (κ1) is 14.5. The number of rotatable bonds is 6. The van der Waals surface area contributed by atoms with Gasteiger partial charge in [0.25, 0.3) is 0 Å². The fourth-order valence-electron chi connectivity index (χ4n) is 2.29. The Balaban J connectivity index is 2.55. The lowest BCUT2D eigenvalue weighted by molar-refractivity contribution is 0.353. The molecule has 1 atom stereocenters. The van der Waals surface area contributed by atoms with Gasteiger partial charge in [-0.05, 0) is 43.0 Å². The molecule has 1 N–H and O–H groups in total. The van der Waals surface area contributed by atoms with Crippen molar-refractivity contribution < 1.29 is 0 Å². The molecule has 0 aliphatic rings. The number of hydrogen-bond donors (Lipinski definition) is 1. The maximum atomic E-state index is 5.95. The van der Waals surface area contributed by atoms with Crippen molar-refractivity contribution in [2.24, 2.45) is 5.92 Å². The number of halogens is 1. The monoisotopic (exact) mass is 253 g/mol. The highest BCUT2D eigenvalue weighted by Gasteiger charge is 2.12. The van der Waals surface area contributed by atoms with Crippen molar-refractivity contribution in [1.82, 2.24) is 5.32 Å². The minimum absolute atomic E-state index is 0.570. The van der Waals surface area contributed by atoms with Gasteiger partial charge in [0.15, 0.2) is 0 Å². The molecule has 0 heterocycles. The molecular formula is C15H24ClN. The molecule has 0 bridgehead atoms. The molecular weight excluding hydrogens is 230 g/mol. The molecule has 0 spiro atoms. The number of benzene rings is 1. The lowest BCUT2D eigenvalue weighted by Gasteiger charge is -2.23. The molecule has 0 amide bonds. The van der Waals surface area contributed by atoms with Gasteiger partial charge in [-0.25, -0.2) is 0 Å². The summed E-state index contributed by atoms with van der Waals surface area (Å²) in [6.45, 7) is 9.86. The molecule has 0 aliphatic heterocycles. The molecule has 0 saturated heterocycles. The second kappa shape index (κ2) is 7.03. The summed E-state index contributed by atoms with van der Waals surface area (Å²) in [5, 5.41) is 4.44. The van der Waals surface area contributed by atoms with Gasteiger partial charge in [0, 0.05) is 17.6 Å². The average Bonchev–Trinajstić information content (AvgIpc) is 2.29. The second-order valence-electron chi connectivity index (χ2n) is 4.82. The van der Waals surface area contributed by atoms with E-state index in [9.17, 15) is 0 Å². The largest absolute Gasteiger partial charge is 0.310 e. The first-order valence-corrected chi connectivity index (χ1v) is 6.94. The van der Waals surface area contributed by atoms with Crippen molar-refractivity contribution in [3.05, 3.63) is 34.3 Å². The molecule has 2 heteroatoms. The van der Waals surface area contributed by atoms with Crippen LogP contribution in [0.5, 0.6) is 0 Å². The third kappa shape index (κ3) is 4.33. The van der Waals surface area contributed by atoms with E-state index in [1.54, 1.807) is 0 Å². The van der Waals surface area contributed by atoms with Crippen LogP contribution in [0.2, 0.25) is 5.02 Å². The normalized spacial score (nSPS) is 13.1. The molecule has 0 fully saturated rings. The van der Waals surface area contributed by atoms with E-state index in [4.69, 9.17) is 11.6 Å². The van der Waals surface area contributed by atoms with Gasteiger partial charge in [0.05, 0.1) is 0 Å². The maximum Gasteiger partial charge on any atom is 0.0408 e. The minimum atomic E-state index is 0.570. The lowest BCUT2D eigenvalue weighted by Crippen LogP contribution is -2.32. The third-order valence-electron chi connectivity index (χ3n) is 3.67. The van der Waals surface area contributed by atoms with Gasteiger partial charge in [-0.3, -0.25) is 0 Å². The molecule has 0 radical (unpaired) electrons. The van der Waals surface area contributed by atoms with Crippen LogP contribution in [0.15, 0.2) is 18.2 Å². The van der Waals surface area contributed by atoms with Crippen LogP contribution in [0.4, 0.5) is 0 Å². The van der Waals surface area contributed by atoms with Crippen LogP contribution in [-0.4, -0.2) is 6.04 Å². The van der Waals surface area contributed by atoms with Crippen LogP contribution >= 0.6 is 11.6 Å². The Hall–Kier alpha value is -0.530. The Morgan fingerprint density at radius 1 is 1.24 bits per heavy atom. The predicted octanol–water partition coefficient (Wildman–Crippen LogP) is 4.56. The summed E-state index contributed by atoms with van der Waals surface area (Å²) < 4.78 is 0. The highest BCUT2D eigenvalue weighted by molar-refractivity contribution is 6.30. The van der Waals surface area contributed by atoms with Crippen LogP contribution in [-0.2, 0) is 6.54 Å². The van der Waals surface area contributed by atoms with E-state index in [2.05, 4.69) is 39.1 Å². The maximum absolute atomic E-state index is 5.95. The summed E-state index contributed by atoms with van der Waals surface area (Å²) in [4.78, 5) is 0. The highest BCUT2D eigenvalue weighted by Crippen LogP contribution is 2.17. The van der Waals surface area contributed by atoms with Crippen molar-refractivity contribution >= 4 is 11.6 Å². The summed E-state index contributed by atoms with van der Waals surface area (Å²) in [5.41, 5.74) is 2.61. The first-order valence-electron chi connectivity index (χ1n) is 6.56. The van der Waals surface area contributed by atoms with Gasteiger partial charge >= 0.3 is 0 Å². The number of hydrogen-bond acceptors (Lipinski definition) is 1. The third-order valence-corrected chi connectivity index (χ3v) is 3.91. The number of nitrogens with one attached hydrogen (secondary N) is 1. The topological polar surface area (TPSA) is 12.0 Å². The van der Waals surface area contributed by atoms with Crippen molar-refractivity contribution in [3.63, 3.8) is 0 Å². The average molecular weight is 254 g/mol. The van der Waals surface area contributed by atoms with Crippen LogP contribution in [0.1, 0.15) is 44.7 Å². The van der Waals surface area contributed by atoms with Crippen molar-refractivity contribution in [1.29, 1.82) is 0 Å². The second-order valence-corrected chi connectivity index (χ2v) is 5.25. The van der Waals surface area contributed by atoms with Gasteiger partial charge in [0.2, 0.25) is 0 Å². The van der Waals surface area contributed by atoms with E-state index in [1.807, 2.05) is 12.1 Å². The van der Waals surface area contributed by atoms with Crippen molar-refractivity contribution in [2.45, 2.75) is 53.1 Å². The molecule has 1 aromatic carbocycles. The fourth-order valence-corrected chi connectivity index (χ4v) is 2.52. The number of aryl methyl sites for hydroxylation is 1. The summed E-state index contributed by atoms with van der Waals surface area (Å²) in [6, 6.07) is 6.68. The zero-order chi connectivity index (χ0) is 12.8. The molecule has 1 rings (SSSR count). The Labute approximate surface area is 111 Å². The standard InChI is InChI=1S/C15H24ClN/c1-5-13(6-2)12(4)17-10-14-7-8-15(16)9-11(14)3/h7-9,12-13,17H,5-6,10H2,1-4H3. The van der Waals surface area contributed by atoms with Crippen LogP contribution < -0.4 is 5.32 Å². The van der Waals surface area contributed by atoms with E-state index in [0.29, 0.717) is 6.04 Å². The quantitative estimate of drug-likeness (QED) is 0.784. The molecule has 0 saturated carbocycles. The van der Waals surface area contributed by atoms with E-state index < -0.39 is 0 Å². The Bertz CT molecular complexity index is 345. The van der Waals surface area contributed by atoms with Gasteiger partial charge < -0.3 is 5.32 Å². The van der Waals surface area contributed by atoms with Crippen LogP contribution in [0, 0.1) is 12.8 Å². The molecule has 0 aromatic heterocycles. The molecule has 0 aliphatic carbocycles. The Morgan fingerprint density at radius 2 is 1.88 bits per heavy atom. The molecule has 1 nitrogen and oxygen atoms in total. The molecule has 1 aromatic rings. The SMILES string of the molecule is CCC(CC)C(C)NCc1ccc(Cl)cc1C. The Morgan fingerprint density at radius 3 is 2.41 bits per heavy atom.